The maximum Gasteiger partial charge on any atom is 0.356 e. The van der Waals surface area contributed by atoms with E-state index in [0.29, 0.717) is 6.42 Å². The van der Waals surface area contributed by atoms with Crippen LogP contribution in [0.1, 0.15) is 23.6 Å². The topological polar surface area (TPSA) is 58.9 Å². The summed E-state index contributed by atoms with van der Waals surface area (Å²) < 4.78 is 4.78. The van der Waals surface area contributed by atoms with E-state index in [2.05, 4.69) is 12.1 Å². The molecule has 1 N–H and O–H groups in total. The minimum Gasteiger partial charge on any atom is -0.461 e. The van der Waals surface area contributed by atoms with Crippen molar-refractivity contribution in [3.8, 4) is 0 Å². The maximum atomic E-state index is 11.3. The number of thiophene rings is 1. The zero-order chi connectivity index (χ0) is 12.0. The van der Waals surface area contributed by atoms with Gasteiger partial charge >= 0.3 is 5.97 Å². The van der Waals surface area contributed by atoms with Crippen LogP contribution >= 0.6 is 11.3 Å². The first-order valence-corrected chi connectivity index (χ1v) is 5.98. The molecular formula is C11H15NO3S. The molecule has 0 unspecified atom stereocenters. The summed E-state index contributed by atoms with van der Waals surface area (Å²) in [4.78, 5) is 13.6. The molecule has 0 aliphatic carbocycles. The monoisotopic (exact) mass is 241 g/mol. The highest BCUT2D eigenvalue weighted by atomic mass is 32.1. The Labute approximate surface area is 98.5 Å². The Morgan fingerprint density at radius 2 is 2.12 bits per heavy atom. The highest BCUT2D eigenvalue weighted by molar-refractivity contribution is 7.12. The fourth-order valence-electron chi connectivity index (χ4n) is 1.24. The molecule has 0 aliphatic heterocycles. The van der Waals surface area contributed by atoms with Gasteiger partial charge in [-0.25, -0.2) is 4.79 Å². The molecule has 0 saturated carbocycles. The van der Waals surface area contributed by atoms with Gasteiger partial charge in [0.25, 0.3) is 0 Å². The van der Waals surface area contributed by atoms with Crippen molar-refractivity contribution in [3.05, 3.63) is 21.9 Å². The maximum absolute atomic E-state index is 11.3. The van der Waals surface area contributed by atoms with Crippen LogP contribution in [0.5, 0.6) is 0 Å². The van der Waals surface area contributed by atoms with Gasteiger partial charge in [-0.2, -0.15) is 0 Å². The van der Waals surface area contributed by atoms with Crippen molar-refractivity contribution in [1.82, 2.24) is 0 Å². The summed E-state index contributed by atoms with van der Waals surface area (Å²) in [5.41, 5.74) is 0.0475. The molecule has 0 spiro atoms. The van der Waals surface area contributed by atoms with Gasteiger partial charge in [-0.15, -0.1) is 11.3 Å². The van der Waals surface area contributed by atoms with Gasteiger partial charge in [0.1, 0.15) is 0 Å². The molecule has 5 heteroatoms. The second-order valence-corrected chi connectivity index (χ2v) is 4.42. The zero-order valence-corrected chi connectivity index (χ0v) is 10.2. The third kappa shape index (κ3) is 3.34. The largest absolute Gasteiger partial charge is 0.461 e. The third-order valence-electron chi connectivity index (χ3n) is 2.04. The molecule has 16 heavy (non-hydrogen) atoms. The molecule has 0 aromatic carbocycles. The van der Waals surface area contributed by atoms with Gasteiger partial charge < -0.3 is 9.94 Å². The van der Waals surface area contributed by atoms with E-state index in [1.807, 2.05) is 12.1 Å². The zero-order valence-electron chi connectivity index (χ0n) is 9.40. The molecule has 1 aromatic heterocycles. The smallest absolute Gasteiger partial charge is 0.356 e. The Morgan fingerprint density at radius 3 is 2.62 bits per heavy atom. The van der Waals surface area contributed by atoms with Crippen LogP contribution < -0.4 is 0 Å². The van der Waals surface area contributed by atoms with Crippen LogP contribution in [-0.4, -0.2) is 23.5 Å². The molecule has 88 valence electrons. The lowest BCUT2D eigenvalue weighted by molar-refractivity contribution is -0.135. The second-order valence-electron chi connectivity index (χ2n) is 3.17. The standard InChI is InChI=1S/C11H15NO3S/c1-3-8-5-6-9(16-8)7-10(12-14)11(13)15-4-2/h5-6,14H,3-4,7H2,1-2H3/b12-10-. The van der Waals surface area contributed by atoms with Crippen molar-refractivity contribution < 1.29 is 14.7 Å². The first-order valence-electron chi connectivity index (χ1n) is 5.16. The van der Waals surface area contributed by atoms with E-state index in [9.17, 15) is 4.79 Å². The number of carbonyl (C=O) groups is 1. The number of aryl methyl sites for hydroxylation is 1. The molecule has 0 aliphatic rings. The van der Waals surface area contributed by atoms with Gasteiger partial charge in [0.15, 0.2) is 5.71 Å². The quantitative estimate of drug-likeness (QED) is 0.372. The Bertz CT molecular complexity index is 384. The van der Waals surface area contributed by atoms with Crippen LogP contribution in [0.2, 0.25) is 0 Å². The van der Waals surface area contributed by atoms with Crippen molar-refractivity contribution in [1.29, 1.82) is 0 Å². The summed E-state index contributed by atoms with van der Waals surface area (Å²) in [5.74, 6) is -0.559. The molecule has 0 atom stereocenters. The number of rotatable bonds is 5. The van der Waals surface area contributed by atoms with E-state index in [-0.39, 0.29) is 12.3 Å². The number of hydrogen-bond acceptors (Lipinski definition) is 5. The first kappa shape index (κ1) is 12.7. The van der Waals surface area contributed by atoms with E-state index in [0.717, 1.165) is 11.3 Å². The Balaban J connectivity index is 2.67. The molecule has 0 fully saturated rings. The van der Waals surface area contributed by atoms with Crippen molar-refractivity contribution in [3.63, 3.8) is 0 Å². The van der Waals surface area contributed by atoms with Gasteiger partial charge in [-0.05, 0) is 25.5 Å². The lowest BCUT2D eigenvalue weighted by Crippen LogP contribution is -2.19. The summed E-state index contributed by atoms with van der Waals surface area (Å²) in [7, 11) is 0. The minimum atomic E-state index is -0.559. The lowest BCUT2D eigenvalue weighted by Gasteiger charge is -2.02. The normalized spacial score (nSPS) is 11.5. The number of oxime groups is 1. The van der Waals surface area contributed by atoms with Crippen molar-refractivity contribution in [2.45, 2.75) is 26.7 Å². The van der Waals surface area contributed by atoms with Crippen molar-refractivity contribution >= 4 is 23.0 Å². The molecule has 0 amide bonds. The molecule has 0 saturated heterocycles. The highest BCUT2D eigenvalue weighted by Crippen LogP contribution is 2.18. The van der Waals surface area contributed by atoms with Crippen LogP contribution in [0.15, 0.2) is 17.3 Å². The molecule has 1 aromatic rings. The number of hydrogen-bond donors (Lipinski definition) is 1. The van der Waals surface area contributed by atoms with E-state index in [1.165, 1.54) is 4.88 Å². The van der Waals surface area contributed by atoms with Gasteiger partial charge in [0.2, 0.25) is 0 Å². The summed E-state index contributed by atoms with van der Waals surface area (Å²) in [6.45, 7) is 4.07. The predicted octanol–water partition coefficient (Wildman–Crippen LogP) is 2.25. The Hall–Kier alpha value is -1.36. The lowest BCUT2D eigenvalue weighted by atomic mass is 10.2. The Morgan fingerprint density at radius 1 is 1.44 bits per heavy atom. The van der Waals surface area contributed by atoms with Gasteiger partial charge in [-0.1, -0.05) is 12.1 Å². The molecule has 0 radical (unpaired) electrons. The summed E-state index contributed by atoms with van der Waals surface area (Å²) in [6, 6.07) is 3.95. The van der Waals surface area contributed by atoms with Crippen LogP contribution in [0, 0.1) is 0 Å². The fraction of sp³-hybridized carbons (Fsp3) is 0.455. The van der Waals surface area contributed by atoms with E-state index in [4.69, 9.17) is 9.94 Å². The minimum absolute atomic E-state index is 0.0475. The van der Waals surface area contributed by atoms with E-state index >= 15 is 0 Å². The fourth-order valence-corrected chi connectivity index (χ4v) is 2.20. The van der Waals surface area contributed by atoms with Crippen LogP contribution in [0.3, 0.4) is 0 Å². The third-order valence-corrected chi connectivity index (χ3v) is 3.27. The van der Waals surface area contributed by atoms with Gasteiger partial charge in [0, 0.05) is 16.2 Å². The first-order chi connectivity index (χ1) is 7.71. The summed E-state index contributed by atoms with van der Waals surface area (Å²) in [5, 5.41) is 11.7. The molecule has 1 heterocycles. The average Bonchev–Trinajstić information content (AvgIpc) is 2.73. The molecular weight excluding hydrogens is 226 g/mol. The highest BCUT2D eigenvalue weighted by Gasteiger charge is 2.15. The number of nitrogens with zero attached hydrogens (tertiary/aromatic N) is 1. The number of carbonyl (C=O) groups excluding carboxylic acids is 1. The predicted molar refractivity (Wildman–Crippen MR) is 63.3 cm³/mol. The Kier molecular flexibility index (Phi) is 4.98. The van der Waals surface area contributed by atoms with E-state index < -0.39 is 5.97 Å². The van der Waals surface area contributed by atoms with Gasteiger partial charge in [0.05, 0.1) is 6.61 Å². The van der Waals surface area contributed by atoms with Crippen molar-refractivity contribution in [2.75, 3.05) is 6.61 Å². The van der Waals surface area contributed by atoms with Crippen molar-refractivity contribution in [2.24, 2.45) is 5.16 Å². The molecule has 0 bridgehead atoms. The van der Waals surface area contributed by atoms with Gasteiger partial charge in [-0.3, -0.25) is 0 Å². The number of esters is 1. The number of ether oxygens (including phenoxy) is 1. The average molecular weight is 241 g/mol. The van der Waals surface area contributed by atoms with E-state index in [1.54, 1.807) is 18.3 Å². The van der Waals surface area contributed by atoms with Crippen LogP contribution in [-0.2, 0) is 22.4 Å². The summed E-state index contributed by atoms with van der Waals surface area (Å²) >= 11 is 1.61. The summed E-state index contributed by atoms with van der Waals surface area (Å²) in [6.07, 6.45) is 1.29. The van der Waals surface area contributed by atoms with Crippen LogP contribution in [0.4, 0.5) is 0 Å². The second kappa shape index (κ2) is 6.27. The molecule has 1 rings (SSSR count). The molecule has 4 nitrogen and oxygen atoms in total. The SMILES string of the molecule is CCOC(=O)/C(Cc1ccc(CC)s1)=N\O. The van der Waals surface area contributed by atoms with Crippen LogP contribution in [0.25, 0.3) is 0 Å².